The number of nitrogens with one attached hydrogen (secondary N) is 1. The van der Waals surface area contributed by atoms with Gasteiger partial charge in [0.1, 0.15) is 23.9 Å². The first-order valence-electron chi connectivity index (χ1n) is 18.8. The van der Waals surface area contributed by atoms with E-state index in [4.69, 9.17) is 24.2 Å². The van der Waals surface area contributed by atoms with Gasteiger partial charge in [-0.2, -0.15) is 13.2 Å². The van der Waals surface area contributed by atoms with E-state index in [-0.39, 0.29) is 13.0 Å². The average molecular weight is 785 g/mol. The van der Waals surface area contributed by atoms with Crippen molar-refractivity contribution in [2.24, 2.45) is 5.41 Å². The molecular weight excluding hydrogens is 734 g/mol. The minimum atomic E-state index is -4.55. The topological polar surface area (TPSA) is 111 Å². The van der Waals surface area contributed by atoms with Crippen LogP contribution in [0.5, 0.6) is 0 Å². The van der Waals surface area contributed by atoms with E-state index in [1.165, 1.54) is 28.7 Å². The molecule has 4 aromatic rings. The molecule has 1 saturated carbocycles. The van der Waals surface area contributed by atoms with Crippen LogP contribution in [0.3, 0.4) is 0 Å². The van der Waals surface area contributed by atoms with E-state index in [0.717, 1.165) is 38.2 Å². The molecule has 1 N–H and O–H groups in total. The summed E-state index contributed by atoms with van der Waals surface area (Å²) in [7, 11) is 3.24. The highest BCUT2D eigenvalue weighted by molar-refractivity contribution is 7.10. The number of piperazine rings is 1. The lowest BCUT2D eigenvalue weighted by molar-refractivity contribution is -0.139. The van der Waals surface area contributed by atoms with Crippen molar-refractivity contribution in [1.29, 1.82) is 0 Å². The predicted molar refractivity (Wildman–Crippen MR) is 207 cm³/mol. The summed E-state index contributed by atoms with van der Waals surface area (Å²) in [6.07, 6.45) is -0.357. The van der Waals surface area contributed by atoms with Crippen LogP contribution in [0.1, 0.15) is 69.0 Å². The first-order valence-corrected chi connectivity index (χ1v) is 19.7. The standard InChI is InChI=1S/C40H51F3N6O5S/c1-7-54-37(32(20-50)44-5)38-46-33(21-55-38)26-8-11-34-29(16-26)31(18-39(3,4)23-53-24-51)36(49(34)22-40(41,42)43)30-17-28(19-45-35(30)25(2)52-6)48-14-12-47(13-15-48)27-9-10-27/h8,11,16-17,19-21,24-25,27,32,37,44H,7,9-10,12-15,18,22-23H2,1-6H3. The highest BCUT2D eigenvalue weighted by Gasteiger charge is 2.36. The number of likely N-dealkylation sites (N-methyl/N-ethyl adjacent to an activating group) is 1. The molecular formula is C40H51F3N6O5S. The minimum Gasteiger partial charge on any atom is -0.467 e. The van der Waals surface area contributed by atoms with Gasteiger partial charge in [0.2, 0.25) is 0 Å². The van der Waals surface area contributed by atoms with Crippen LogP contribution in [0.4, 0.5) is 18.9 Å². The van der Waals surface area contributed by atoms with E-state index in [1.807, 2.05) is 45.2 Å². The summed E-state index contributed by atoms with van der Waals surface area (Å²) in [6, 6.07) is 7.39. The van der Waals surface area contributed by atoms with Gasteiger partial charge in [-0.05, 0) is 63.9 Å². The number of rotatable bonds is 18. The Morgan fingerprint density at radius 1 is 1.11 bits per heavy atom. The van der Waals surface area contributed by atoms with Gasteiger partial charge in [-0.15, -0.1) is 11.3 Å². The molecule has 1 aromatic carbocycles. The number of aldehydes is 1. The van der Waals surface area contributed by atoms with E-state index >= 15 is 0 Å². The average Bonchev–Trinajstić information content (AvgIpc) is 3.84. The molecule has 298 valence electrons. The number of fused-ring (bicyclic) bond motifs is 1. The van der Waals surface area contributed by atoms with Crippen LogP contribution < -0.4 is 10.2 Å². The highest BCUT2D eigenvalue weighted by Crippen LogP contribution is 2.44. The van der Waals surface area contributed by atoms with Crippen LogP contribution >= 0.6 is 11.3 Å². The minimum absolute atomic E-state index is 0.0596. The third kappa shape index (κ3) is 9.23. The molecule has 0 amide bonds. The fourth-order valence-corrected chi connectivity index (χ4v) is 8.52. The van der Waals surface area contributed by atoms with Gasteiger partial charge < -0.3 is 33.8 Å². The van der Waals surface area contributed by atoms with Crippen molar-refractivity contribution >= 4 is 40.7 Å². The molecule has 6 rings (SSSR count). The molecule has 1 aliphatic carbocycles. The van der Waals surface area contributed by atoms with Crippen LogP contribution in [0.25, 0.3) is 33.4 Å². The summed E-state index contributed by atoms with van der Waals surface area (Å²) in [6.45, 7) is 10.5. The lowest BCUT2D eigenvalue weighted by Gasteiger charge is -2.36. The molecule has 4 heterocycles. The predicted octanol–water partition coefficient (Wildman–Crippen LogP) is 6.99. The number of pyridine rings is 1. The Bertz CT molecular complexity index is 1950. The maximum absolute atomic E-state index is 14.7. The molecule has 15 heteroatoms. The van der Waals surface area contributed by atoms with Crippen LogP contribution in [-0.2, 0) is 36.8 Å². The summed E-state index contributed by atoms with van der Waals surface area (Å²) in [5, 5.41) is 6.06. The lowest BCUT2D eigenvalue weighted by Crippen LogP contribution is -2.47. The smallest absolute Gasteiger partial charge is 0.406 e. The van der Waals surface area contributed by atoms with Crippen molar-refractivity contribution in [2.45, 2.75) is 84.0 Å². The van der Waals surface area contributed by atoms with E-state index in [9.17, 15) is 22.8 Å². The fourth-order valence-electron chi connectivity index (χ4n) is 7.60. The van der Waals surface area contributed by atoms with Gasteiger partial charge in [0.15, 0.2) is 0 Å². The van der Waals surface area contributed by atoms with Gasteiger partial charge in [0, 0.05) is 78.8 Å². The summed E-state index contributed by atoms with van der Waals surface area (Å²) in [5.41, 5.74) is 4.03. The number of benzene rings is 1. The molecule has 55 heavy (non-hydrogen) atoms. The maximum Gasteiger partial charge on any atom is 0.406 e. The molecule has 2 aliphatic rings. The summed E-state index contributed by atoms with van der Waals surface area (Å²) < 4.78 is 62.4. The first-order chi connectivity index (χ1) is 26.3. The number of anilines is 1. The molecule has 1 aliphatic heterocycles. The maximum atomic E-state index is 14.7. The third-order valence-corrected chi connectivity index (χ3v) is 11.5. The molecule has 0 radical (unpaired) electrons. The summed E-state index contributed by atoms with van der Waals surface area (Å²) >= 11 is 1.35. The summed E-state index contributed by atoms with van der Waals surface area (Å²) in [4.78, 5) is 37.7. The molecule has 0 spiro atoms. The molecule has 3 atom stereocenters. The van der Waals surface area contributed by atoms with Gasteiger partial charge in [0.25, 0.3) is 6.47 Å². The Morgan fingerprint density at radius 2 is 1.85 bits per heavy atom. The zero-order valence-electron chi connectivity index (χ0n) is 32.3. The van der Waals surface area contributed by atoms with Crippen molar-refractivity contribution in [3.05, 3.63) is 52.1 Å². The molecule has 3 unspecified atom stereocenters. The zero-order chi connectivity index (χ0) is 39.5. The Kier molecular flexibility index (Phi) is 12.7. The van der Waals surface area contributed by atoms with Gasteiger partial charge in [0.05, 0.1) is 47.7 Å². The van der Waals surface area contributed by atoms with Crippen LogP contribution in [0.15, 0.2) is 35.8 Å². The first kappa shape index (κ1) is 40.8. The second-order valence-corrected chi connectivity index (χ2v) is 16.1. The zero-order valence-corrected chi connectivity index (χ0v) is 33.1. The normalized spacial score (nSPS) is 17.4. The number of carbonyl (C=O) groups excluding carboxylic acids is 2. The number of ether oxygens (including phenoxy) is 3. The van der Waals surface area contributed by atoms with E-state index < -0.39 is 36.4 Å². The number of carbonyl (C=O) groups is 2. The van der Waals surface area contributed by atoms with E-state index in [0.29, 0.717) is 68.8 Å². The number of aromatic nitrogens is 3. The Balaban J connectivity index is 1.56. The highest BCUT2D eigenvalue weighted by atomic mass is 32.1. The van der Waals surface area contributed by atoms with Crippen molar-refractivity contribution in [3.63, 3.8) is 0 Å². The SMILES string of the molecule is CCOC(c1nc(-c2ccc3c(c2)c(CC(C)(C)COC=O)c(-c2cc(N4CCN(C5CC5)CC4)cnc2C(C)OC)n3CC(F)(F)F)cs1)C(C=O)NC. The molecule has 11 nitrogen and oxygen atoms in total. The van der Waals surface area contributed by atoms with E-state index in [2.05, 4.69) is 15.1 Å². The second kappa shape index (κ2) is 17.1. The molecule has 2 fully saturated rings. The molecule has 1 saturated heterocycles. The fraction of sp³-hybridized carbons (Fsp3) is 0.550. The number of nitrogens with zero attached hydrogens (tertiary/aromatic N) is 5. The third-order valence-electron chi connectivity index (χ3n) is 10.6. The van der Waals surface area contributed by atoms with Gasteiger partial charge in [-0.1, -0.05) is 19.9 Å². The van der Waals surface area contributed by atoms with Crippen LogP contribution in [0, 0.1) is 5.41 Å². The summed E-state index contributed by atoms with van der Waals surface area (Å²) in [5.74, 6) is 0. The second-order valence-electron chi connectivity index (χ2n) is 15.2. The molecule has 3 aromatic heterocycles. The van der Waals surface area contributed by atoms with Gasteiger partial charge in [-0.3, -0.25) is 14.7 Å². The number of hydrogen-bond donors (Lipinski definition) is 1. The Hall–Kier alpha value is -3.89. The van der Waals surface area contributed by atoms with E-state index in [1.54, 1.807) is 32.5 Å². The quantitative estimate of drug-likeness (QED) is 0.106. The number of hydrogen-bond acceptors (Lipinski definition) is 11. The van der Waals surface area contributed by atoms with Crippen molar-refractivity contribution in [2.75, 3.05) is 58.5 Å². The largest absolute Gasteiger partial charge is 0.467 e. The van der Waals surface area contributed by atoms with Crippen molar-refractivity contribution in [1.82, 2.24) is 24.8 Å². The van der Waals surface area contributed by atoms with Crippen LogP contribution in [-0.4, -0.2) is 104 Å². The Labute approximate surface area is 324 Å². The number of halogens is 3. The van der Waals surface area contributed by atoms with Crippen LogP contribution in [0.2, 0.25) is 0 Å². The molecule has 0 bridgehead atoms. The number of methoxy groups -OCH3 is 1. The van der Waals surface area contributed by atoms with Gasteiger partial charge >= 0.3 is 6.18 Å². The van der Waals surface area contributed by atoms with Crippen molar-refractivity contribution < 1.29 is 37.0 Å². The number of thiazole rings is 1. The number of alkyl halides is 3. The Morgan fingerprint density at radius 3 is 2.47 bits per heavy atom. The lowest BCUT2D eigenvalue weighted by atomic mass is 9.84. The van der Waals surface area contributed by atoms with Gasteiger partial charge in [-0.25, -0.2) is 4.98 Å². The van der Waals surface area contributed by atoms with Crippen molar-refractivity contribution in [3.8, 4) is 22.5 Å². The monoisotopic (exact) mass is 784 g/mol.